The van der Waals surface area contributed by atoms with E-state index in [2.05, 4.69) is 18.0 Å². The molecule has 1 aromatic carbocycles. The number of nitrogens with zero attached hydrogens (tertiary/aromatic N) is 1. The van der Waals surface area contributed by atoms with Gasteiger partial charge in [0.15, 0.2) is 12.4 Å². The van der Waals surface area contributed by atoms with Gasteiger partial charge in [-0.3, -0.25) is 4.79 Å². The van der Waals surface area contributed by atoms with E-state index in [1.807, 2.05) is 19.9 Å². The Hall–Kier alpha value is -1.84. The monoisotopic (exact) mass is 317 g/mol. The summed E-state index contributed by atoms with van der Waals surface area (Å²) in [7, 11) is 0. The zero-order chi connectivity index (χ0) is 16.7. The van der Waals surface area contributed by atoms with Crippen LogP contribution in [0.25, 0.3) is 0 Å². The van der Waals surface area contributed by atoms with Gasteiger partial charge in [-0.25, -0.2) is 0 Å². The van der Waals surface area contributed by atoms with Crippen LogP contribution < -0.4 is 0 Å². The Bertz CT molecular complexity index is 566. The topological polar surface area (TPSA) is 47.9 Å². The van der Waals surface area contributed by atoms with Gasteiger partial charge >= 0.3 is 6.08 Å². The maximum atomic E-state index is 11.3. The number of aldehydes is 1. The van der Waals surface area contributed by atoms with Gasteiger partial charge in [0, 0.05) is 5.56 Å². The van der Waals surface area contributed by atoms with Crippen LogP contribution in [0.5, 0.6) is 0 Å². The van der Waals surface area contributed by atoms with E-state index in [-0.39, 0.29) is 6.08 Å². The van der Waals surface area contributed by atoms with Crippen molar-refractivity contribution in [3.63, 3.8) is 0 Å². The molecule has 0 aliphatic carbocycles. The Kier molecular flexibility index (Phi) is 6.63. The molecule has 0 saturated carbocycles. The highest BCUT2D eigenvalue weighted by molar-refractivity contribution is 5.81. The lowest BCUT2D eigenvalue weighted by molar-refractivity contribution is -0.115. The van der Waals surface area contributed by atoms with E-state index in [0.29, 0.717) is 6.61 Å². The minimum absolute atomic E-state index is 0.218. The SMILES string of the molecule is CCCCCCCCOC1=Nc2c(C)cc(C)cc2C(C=O)O1. The van der Waals surface area contributed by atoms with Gasteiger partial charge in [0.1, 0.15) is 0 Å². The van der Waals surface area contributed by atoms with Crippen LogP contribution in [0.3, 0.4) is 0 Å². The van der Waals surface area contributed by atoms with Crippen molar-refractivity contribution in [2.45, 2.75) is 65.4 Å². The van der Waals surface area contributed by atoms with E-state index in [4.69, 9.17) is 9.47 Å². The molecule has 4 heteroatoms. The number of aryl methyl sites for hydroxylation is 2. The number of rotatable bonds is 8. The number of aliphatic imine (C=N–C) groups is 1. The van der Waals surface area contributed by atoms with E-state index in [1.165, 1.54) is 25.7 Å². The lowest BCUT2D eigenvalue weighted by Gasteiger charge is -2.23. The Morgan fingerprint density at radius 3 is 2.65 bits per heavy atom. The molecule has 0 radical (unpaired) electrons. The van der Waals surface area contributed by atoms with Crippen LogP contribution in [0.1, 0.15) is 68.2 Å². The van der Waals surface area contributed by atoms with Crippen molar-refractivity contribution < 1.29 is 14.3 Å². The van der Waals surface area contributed by atoms with Crippen LogP contribution in [0.4, 0.5) is 5.69 Å². The summed E-state index contributed by atoms with van der Waals surface area (Å²) >= 11 is 0. The van der Waals surface area contributed by atoms with Crippen molar-refractivity contribution in [2.24, 2.45) is 4.99 Å². The molecule has 1 unspecified atom stereocenters. The average molecular weight is 317 g/mol. The lowest BCUT2D eigenvalue weighted by atomic mass is 10.00. The molecule has 0 bridgehead atoms. The highest BCUT2D eigenvalue weighted by Crippen LogP contribution is 2.35. The summed E-state index contributed by atoms with van der Waals surface area (Å²) in [6.07, 6.45) is 7.61. The number of fused-ring (bicyclic) bond motifs is 1. The highest BCUT2D eigenvalue weighted by atomic mass is 16.7. The largest absolute Gasteiger partial charge is 0.450 e. The third-order valence-corrected chi connectivity index (χ3v) is 4.06. The fraction of sp³-hybridized carbons (Fsp3) is 0.579. The Balaban J connectivity index is 1.93. The summed E-state index contributed by atoms with van der Waals surface area (Å²) in [5.74, 6) is 0. The zero-order valence-corrected chi connectivity index (χ0v) is 14.4. The molecule has 0 N–H and O–H groups in total. The van der Waals surface area contributed by atoms with Crippen LogP contribution >= 0.6 is 0 Å². The number of hydrogen-bond donors (Lipinski definition) is 0. The molecule has 0 aromatic heterocycles. The fourth-order valence-corrected chi connectivity index (χ4v) is 2.86. The summed E-state index contributed by atoms with van der Waals surface area (Å²) in [6.45, 7) is 6.79. The van der Waals surface area contributed by atoms with Crippen LogP contribution in [-0.2, 0) is 14.3 Å². The molecule has 0 fully saturated rings. The standard InChI is InChI=1S/C19H27NO3/c1-4-5-6-7-8-9-10-22-19-20-18-15(3)11-14(2)12-16(18)17(13-21)23-19/h11-13,17H,4-10H2,1-3H3. The minimum atomic E-state index is -0.624. The molecule has 1 atom stereocenters. The average Bonchev–Trinajstić information content (AvgIpc) is 2.54. The Morgan fingerprint density at radius 1 is 1.17 bits per heavy atom. The van der Waals surface area contributed by atoms with Gasteiger partial charge in [0.2, 0.25) is 0 Å². The van der Waals surface area contributed by atoms with E-state index in [1.54, 1.807) is 0 Å². The first kappa shape index (κ1) is 17.5. The number of hydrogen-bond acceptors (Lipinski definition) is 4. The van der Waals surface area contributed by atoms with Crippen molar-refractivity contribution in [3.8, 4) is 0 Å². The first-order chi connectivity index (χ1) is 11.2. The van der Waals surface area contributed by atoms with Crippen molar-refractivity contribution in [2.75, 3.05) is 6.61 Å². The van der Waals surface area contributed by atoms with E-state index >= 15 is 0 Å². The number of unbranched alkanes of at least 4 members (excludes halogenated alkanes) is 5. The van der Waals surface area contributed by atoms with Gasteiger partial charge in [0.25, 0.3) is 0 Å². The van der Waals surface area contributed by atoms with E-state index in [0.717, 1.165) is 41.5 Å². The maximum Gasteiger partial charge on any atom is 0.389 e. The molecule has 1 aliphatic rings. The van der Waals surface area contributed by atoms with Crippen LogP contribution in [0, 0.1) is 13.8 Å². The molecule has 2 rings (SSSR count). The molecule has 0 amide bonds. The fourth-order valence-electron chi connectivity index (χ4n) is 2.86. The van der Waals surface area contributed by atoms with Gasteiger partial charge in [-0.05, 0) is 31.9 Å². The summed E-state index contributed by atoms with van der Waals surface area (Å²) in [4.78, 5) is 15.8. The van der Waals surface area contributed by atoms with Gasteiger partial charge in [-0.15, -0.1) is 0 Å². The van der Waals surface area contributed by atoms with E-state index in [9.17, 15) is 4.79 Å². The van der Waals surface area contributed by atoms with Crippen LogP contribution in [0.2, 0.25) is 0 Å². The second-order valence-corrected chi connectivity index (χ2v) is 6.19. The maximum absolute atomic E-state index is 11.3. The van der Waals surface area contributed by atoms with Crippen molar-refractivity contribution in [1.29, 1.82) is 0 Å². The molecular weight excluding hydrogens is 290 g/mol. The smallest absolute Gasteiger partial charge is 0.389 e. The van der Waals surface area contributed by atoms with Crippen LogP contribution in [-0.4, -0.2) is 19.0 Å². The minimum Gasteiger partial charge on any atom is -0.450 e. The molecule has 126 valence electrons. The number of carbonyl (C=O) groups excluding carboxylic acids is 1. The lowest BCUT2D eigenvalue weighted by Crippen LogP contribution is -2.20. The van der Waals surface area contributed by atoms with Gasteiger partial charge in [0.05, 0.1) is 12.3 Å². The summed E-state index contributed by atoms with van der Waals surface area (Å²) in [5, 5.41) is 0. The quantitative estimate of drug-likeness (QED) is 0.504. The number of ether oxygens (including phenoxy) is 2. The van der Waals surface area contributed by atoms with Crippen LogP contribution in [0.15, 0.2) is 17.1 Å². The predicted molar refractivity (Wildman–Crippen MR) is 92.2 cm³/mol. The summed E-state index contributed by atoms with van der Waals surface area (Å²) in [5.41, 5.74) is 3.76. The molecule has 1 heterocycles. The summed E-state index contributed by atoms with van der Waals surface area (Å²) in [6, 6.07) is 4.01. The molecule has 1 aromatic rings. The zero-order valence-electron chi connectivity index (χ0n) is 14.4. The Morgan fingerprint density at radius 2 is 1.91 bits per heavy atom. The molecular formula is C19H27NO3. The number of carbonyl (C=O) groups is 1. The van der Waals surface area contributed by atoms with Gasteiger partial charge < -0.3 is 9.47 Å². The summed E-state index contributed by atoms with van der Waals surface area (Å²) < 4.78 is 11.2. The Labute approximate surface area is 138 Å². The van der Waals surface area contributed by atoms with E-state index < -0.39 is 6.10 Å². The molecule has 4 nitrogen and oxygen atoms in total. The second-order valence-electron chi connectivity index (χ2n) is 6.19. The second kappa shape index (κ2) is 8.70. The molecule has 1 aliphatic heterocycles. The highest BCUT2D eigenvalue weighted by Gasteiger charge is 2.26. The number of benzene rings is 1. The van der Waals surface area contributed by atoms with Crippen molar-refractivity contribution >= 4 is 18.1 Å². The molecule has 0 saturated heterocycles. The third kappa shape index (κ3) is 4.81. The van der Waals surface area contributed by atoms with Gasteiger partial charge in [-0.1, -0.05) is 50.7 Å². The third-order valence-electron chi connectivity index (χ3n) is 4.06. The molecule has 0 spiro atoms. The van der Waals surface area contributed by atoms with Gasteiger partial charge in [-0.2, -0.15) is 4.99 Å². The van der Waals surface area contributed by atoms with Crippen molar-refractivity contribution in [1.82, 2.24) is 0 Å². The van der Waals surface area contributed by atoms with Crippen molar-refractivity contribution in [3.05, 3.63) is 28.8 Å². The predicted octanol–water partition coefficient (Wildman–Crippen LogP) is 4.94. The normalized spacial score (nSPS) is 16.3. The first-order valence-electron chi connectivity index (χ1n) is 8.60. The first-order valence-corrected chi connectivity index (χ1v) is 8.60. The molecule has 23 heavy (non-hydrogen) atoms.